The van der Waals surface area contributed by atoms with Crippen LogP contribution in [0.5, 0.6) is 0 Å². The molecule has 1 aromatic carbocycles. The summed E-state index contributed by atoms with van der Waals surface area (Å²) in [6, 6.07) is 4.91. The lowest BCUT2D eigenvalue weighted by Crippen LogP contribution is -2.42. The second-order valence-corrected chi connectivity index (χ2v) is 6.46. The minimum absolute atomic E-state index is 0.146. The molecule has 2 aromatic rings. The van der Waals surface area contributed by atoms with Crippen molar-refractivity contribution in [2.45, 2.75) is 31.8 Å². The van der Waals surface area contributed by atoms with E-state index in [-0.39, 0.29) is 23.7 Å². The highest BCUT2D eigenvalue weighted by Gasteiger charge is 2.32. The van der Waals surface area contributed by atoms with Crippen LogP contribution in [0.2, 0.25) is 0 Å². The molecule has 4 rings (SSSR count). The molecule has 24 heavy (non-hydrogen) atoms. The molecule has 5 nitrogen and oxygen atoms in total. The van der Waals surface area contributed by atoms with Crippen molar-refractivity contribution in [3.8, 4) is 0 Å². The molecule has 1 aliphatic carbocycles. The molecule has 1 unspecified atom stereocenters. The van der Waals surface area contributed by atoms with E-state index in [0.717, 1.165) is 24.2 Å². The molecule has 1 aliphatic heterocycles. The lowest BCUT2D eigenvalue weighted by Gasteiger charge is -2.32. The van der Waals surface area contributed by atoms with Gasteiger partial charge in [0, 0.05) is 12.5 Å². The van der Waals surface area contributed by atoms with E-state index in [0.29, 0.717) is 31.2 Å². The van der Waals surface area contributed by atoms with Crippen LogP contribution in [0.4, 0.5) is 4.39 Å². The first-order valence-electron chi connectivity index (χ1n) is 8.24. The molecular weight excluding hydrogens is 311 g/mol. The zero-order valence-electron chi connectivity index (χ0n) is 13.5. The monoisotopic (exact) mass is 330 g/mol. The molecule has 2 aliphatic rings. The molecule has 2 heterocycles. The third kappa shape index (κ3) is 2.94. The predicted octanol–water partition coefficient (Wildman–Crippen LogP) is 3.21. The number of morpholine rings is 1. The smallest absolute Gasteiger partial charge is 0.309 e. The van der Waals surface area contributed by atoms with Crippen LogP contribution < -0.4 is 0 Å². The SMILES string of the molecule is Cc1cc(C2CN(C(=O)c3ncc(C4CC4)o3)CCO2)ccc1F. The van der Waals surface area contributed by atoms with Crippen LogP contribution in [0.3, 0.4) is 0 Å². The van der Waals surface area contributed by atoms with E-state index in [1.165, 1.54) is 6.07 Å². The number of hydrogen-bond acceptors (Lipinski definition) is 4. The number of carbonyl (C=O) groups excluding carboxylic acids is 1. The van der Waals surface area contributed by atoms with E-state index in [4.69, 9.17) is 9.15 Å². The van der Waals surface area contributed by atoms with Crippen LogP contribution in [0, 0.1) is 12.7 Å². The number of nitrogens with zero attached hydrogens (tertiary/aromatic N) is 2. The maximum atomic E-state index is 13.4. The first-order chi connectivity index (χ1) is 11.6. The Balaban J connectivity index is 1.48. The Morgan fingerprint density at radius 1 is 1.38 bits per heavy atom. The Bertz CT molecular complexity index is 769. The molecule has 1 saturated heterocycles. The molecular formula is C18H19FN2O3. The van der Waals surface area contributed by atoms with Crippen LogP contribution in [-0.2, 0) is 4.74 Å². The van der Waals surface area contributed by atoms with Crippen molar-refractivity contribution in [3.63, 3.8) is 0 Å². The van der Waals surface area contributed by atoms with Crippen molar-refractivity contribution < 1.29 is 18.3 Å². The van der Waals surface area contributed by atoms with E-state index >= 15 is 0 Å². The van der Waals surface area contributed by atoms with E-state index in [2.05, 4.69) is 4.98 Å². The molecule has 0 radical (unpaired) electrons. The predicted molar refractivity (Wildman–Crippen MR) is 84.2 cm³/mol. The maximum Gasteiger partial charge on any atom is 0.309 e. The number of hydrogen-bond donors (Lipinski definition) is 0. The van der Waals surface area contributed by atoms with E-state index in [9.17, 15) is 9.18 Å². The van der Waals surface area contributed by atoms with Gasteiger partial charge in [0.15, 0.2) is 0 Å². The fourth-order valence-corrected chi connectivity index (χ4v) is 2.98. The molecule has 2 fully saturated rings. The van der Waals surface area contributed by atoms with Gasteiger partial charge in [0.25, 0.3) is 5.89 Å². The van der Waals surface area contributed by atoms with Crippen molar-refractivity contribution in [1.82, 2.24) is 9.88 Å². The van der Waals surface area contributed by atoms with Crippen molar-refractivity contribution in [2.75, 3.05) is 19.7 Å². The minimum atomic E-state index is -0.264. The Labute approximate surface area is 139 Å². The van der Waals surface area contributed by atoms with Gasteiger partial charge in [0.2, 0.25) is 0 Å². The number of benzene rings is 1. The van der Waals surface area contributed by atoms with Gasteiger partial charge in [-0.25, -0.2) is 9.37 Å². The molecule has 0 bridgehead atoms. The highest BCUT2D eigenvalue weighted by molar-refractivity contribution is 5.89. The fourth-order valence-electron chi connectivity index (χ4n) is 2.98. The molecule has 1 atom stereocenters. The highest BCUT2D eigenvalue weighted by Crippen LogP contribution is 2.40. The summed E-state index contributed by atoms with van der Waals surface area (Å²) in [5.41, 5.74) is 1.44. The minimum Gasteiger partial charge on any atom is -0.437 e. The normalized spacial score (nSPS) is 21.1. The van der Waals surface area contributed by atoms with E-state index in [1.54, 1.807) is 30.2 Å². The quantitative estimate of drug-likeness (QED) is 0.867. The average molecular weight is 330 g/mol. The second-order valence-electron chi connectivity index (χ2n) is 6.46. The average Bonchev–Trinajstić information content (AvgIpc) is 3.34. The van der Waals surface area contributed by atoms with Crippen LogP contribution in [-0.4, -0.2) is 35.5 Å². The van der Waals surface area contributed by atoms with Gasteiger partial charge in [-0.2, -0.15) is 0 Å². The first-order valence-corrected chi connectivity index (χ1v) is 8.24. The summed E-state index contributed by atoms with van der Waals surface area (Å²) >= 11 is 0. The Morgan fingerprint density at radius 2 is 2.21 bits per heavy atom. The molecule has 6 heteroatoms. The number of aromatic nitrogens is 1. The van der Waals surface area contributed by atoms with Gasteiger partial charge in [-0.05, 0) is 37.0 Å². The number of amides is 1. The number of oxazole rings is 1. The van der Waals surface area contributed by atoms with Gasteiger partial charge in [-0.1, -0.05) is 12.1 Å². The Kier molecular flexibility index (Phi) is 3.84. The van der Waals surface area contributed by atoms with Gasteiger partial charge in [0.05, 0.1) is 19.3 Å². The Hall–Kier alpha value is -2.21. The van der Waals surface area contributed by atoms with Gasteiger partial charge in [-0.15, -0.1) is 0 Å². The number of aryl methyl sites for hydroxylation is 1. The van der Waals surface area contributed by atoms with Gasteiger partial charge in [-0.3, -0.25) is 4.79 Å². The van der Waals surface area contributed by atoms with Crippen LogP contribution in [0.15, 0.2) is 28.8 Å². The Morgan fingerprint density at radius 3 is 2.96 bits per heavy atom. The standard InChI is InChI=1S/C18H19FN2O3/c1-11-8-13(4-5-14(11)19)16-10-21(6-7-23-16)18(22)17-20-9-15(24-17)12-2-3-12/h4-5,8-9,12,16H,2-3,6-7,10H2,1H3. The van der Waals surface area contributed by atoms with E-state index < -0.39 is 0 Å². The van der Waals surface area contributed by atoms with E-state index in [1.807, 2.05) is 0 Å². The largest absolute Gasteiger partial charge is 0.437 e. The molecule has 0 spiro atoms. The van der Waals surface area contributed by atoms with Gasteiger partial charge >= 0.3 is 5.91 Å². The number of halogens is 1. The maximum absolute atomic E-state index is 13.4. The molecule has 1 aromatic heterocycles. The summed E-state index contributed by atoms with van der Waals surface area (Å²) in [6.07, 6.45) is 3.60. The van der Waals surface area contributed by atoms with Crippen molar-refractivity contribution in [3.05, 3.63) is 53.0 Å². The topological polar surface area (TPSA) is 55.6 Å². The number of carbonyl (C=O) groups is 1. The van der Waals surface area contributed by atoms with Crippen LogP contribution in [0.1, 0.15) is 52.4 Å². The van der Waals surface area contributed by atoms with Gasteiger partial charge in [0.1, 0.15) is 17.7 Å². The molecule has 1 amide bonds. The molecule has 1 saturated carbocycles. The van der Waals surface area contributed by atoms with Crippen molar-refractivity contribution >= 4 is 5.91 Å². The lowest BCUT2D eigenvalue weighted by atomic mass is 10.0. The summed E-state index contributed by atoms with van der Waals surface area (Å²) in [5.74, 6) is 0.924. The summed E-state index contributed by atoms with van der Waals surface area (Å²) in [7, 11) is 0. The zero-order valence-corrected chi connectivity index (χ0v) is 13.5. The fraction of sp³-hybridized carbons (Fsp3) is 0.444. The zero-order chi connectivity index (χ0) is 16.7. The molecule has 0 N–H and O–H groups in total. The molecule has 126 valence electrons. The van der Waals surface area contributed by atoms with Crippen molar-refractivity contribution in [1.29, 1.82) is 0 Å². The first kappa shape index (κ1) is 15.3. The summed E-state index contributed by atoms with van der Waals surface area (Å²) in [4.78, 5) is 18.4. The third-order valence-electron chi connectivity index (χ3n) is 4.59. The second kappa shape index (κ2) is 6.02. The van der Waals surface area contributed by atoms with Crippen LogP contribution >= 0.6 is 0 Å². The van der Waals surface area contributed by atoms with Gasteiger partial charge < -0.3 is 14.1 Å². The summed E-state index contributed by atoms with van der Waals surface area (Å²) in [6.45, 7) is 3.06. The third-order valence-corrected chi connectivity index (χ3v) is 4.59. The highest BCUT2D eigenvalue weighted by atomic mass is 19.1. The van der Waals surface area contributed by atoms with Crippen molar-refractivity contribution in [2.24, 2.45) is 0 Å². The summed E-state index contributed by atoms with van der Waals surface area (Å²) in [5, 5.41) is 0. The lowest BCUT2D eigenvalue weighted by molar-refractivity contribution is -0.0241. The number of ether oxygens (including phenoxy) is 1. The summed E-state index contributed by atoms with van der Waals surface area (Å²) < 4.78 is 24.8. The number of rotatable bonds is 3. The van der Waals surface area contributed by atoms with Crippen LogP contribution in [0.25, 0.3) is 0 Å².